The van der Waals surface area contributed by atoms with Crippen molar-refractivity contribution in [3.05, 3.63) is 18.2 Å². The van der Waals surface area contributed by atoms with E-state index in [0.29, 0.717) is 0 Å². The standard InChI is InChI=1S/C11H13NO6S/c1-7(13)5-11(14)12-9-4-3-8(18-2)6-10(9)19(15,16)17/h3-4,6H,5H2,1-2H3,(H,12,14)(H,15,16,17). The van der Waals surface area contributed by atoms with Crippen LogP contribution < -0.4 is 10.1 Å². The molecular weight excluding hydrogens is 274 g/mol. The average molecular weight is 287 g/mol. The highest BCUT2D eigenvalue weighted by Crippen LogP contribution is 2.26. The van der Waals surface area contributed by atoms with Crippen molar-refractivity contribution in [1.82, 2.24) is 0 Å². The van der Waals surface area contributed by atoms with Crippen LogP contribution in [0.4, 0.5) is 5.69 Å². The second-order valence-corrected chi connectivity index (χ2v) is 5.15. The van der Waals surface area contributed by atoms with Gasteiger partial charge in [-0.25, -0.2) is 0 Å². The lowest BCUT2D eigenvalue weighted by Crippen LogP contribution is -2.16. The number of hydrogen-bond donors (Lipinski definition) is 2. The Morgan fingerprint density at radius 1 is 1.37 bits per heavy atom. The molecule has 0 heterocycles. The predicted molar refractivity (Wildman–Crippen MR) is 66.7 cm³/mol. The summed E-state index contributed by atoms with van der Waals surface area (Å²) in [4.78, 5) is 21.7. The third-order valence-corrected chi connectivity index (χ3v) is 3.04. The zero-order valence-electron chi connectivity index (χ0n) is 10.3. The lowest BCUT2D eigenvalue weighted by atomic mass is 10.2. The number of benzene rings is 1. The smallest absolute Gasteiger partial charge is 0.296 e. The number of ketones is 1. The van der Waals surface area contributed by atoms with Gasteiger partial charge in [0.25, 0.3) is 10.1 Å². The van der Waals surface area contributed by atoms with Crippen LogP contribution in [-0.4, -0.2) is 31.8 Å². The summed E-state index contributed by atoms with van der Waals surface area (Å²) in [5.74, 6) is -0.820. The highest BCUT2D eigenvalue weighted by molar-refractivity contribution is 7.86. The van der Waals surface area contributed by atoms with Crippen LogP contribution in [0, 0.1) is 0 Å². The van der Waals surface area contributed by atoms with Gasteiger partial charge in [0, 0.05) is 6.07 Å². The summed E-state index contributed by atoms with van der Waals surface area (Å²) in [5, 5.41) is 2.25. The van der Waals surface area contributed by atoms with Crippen molar-refractivity contribution in [1.29, 1.82) is 0 Å². The maximum absolute atomic E-state index is 11.4. The van der Waals surface area contributed by atoms with Crippen LogP contribution in [0.2, 0.25) is 0 Å². The lowest BCUT2D eigenvalue weighted by Gasteiger charge is -2.10. The number of amides is 1. The number of carbonyl (C=O) groups is 2. The second kappa shape index (κ2) is 5.81. The first-order valence-corrected chi connectivity index (χ1v) is 6.63. The zero-order valence-corrected chi connectivity index (χ0v) is 11.2. The van der Waals surface area contributed by atoms with Crippen LogP contribution >= 0.6 is 0 Å². The summed E-state index contributed by atoms with van der Waals surface area (Å²) in [6.07, 6.45) is -0.378. The fourth-order valence-corrected chi connectivity index (χ4v) is 2.03. The van der Waals surface area contributed by atoms with Crippen LogP contribution in [-0.2, 0) is 19.7 Å². The summed E-state index contributed by atoms with van der Waals surface area (Å²) in [6.45, 7) is 1.23. The van der Waals surface area contributed by atoms with Crippen molar-refractivity contribution in [2.45, 2.75) is 18.2 Å². The third-order valence-electron chi connectivity index (χ3n) is 2.15. The van der Waals surface area contributed by atoms with E-state index in [2.05, 4.69) is 5.32 Å². The Kier molecular flexibility index (Phi) is 4.62. The van der Waals surface area contributed by atoms with Gasteiger partial charge in [0.05, 0.1) is 19.2 Å². The Morgan fingerprint density at radius 2 is 2.00 bits per heavy atom. The molecule has 0 saturated carbocycles. The Bertz CT molecular complexity index is 608. The normalized spacial score (nSPS) is 10.9. The minimum atomic E-state index is -4.52. The van der Waals surface area contributed by atoms with Crippen molar-refractivity contribution in [2.75, 3.05) is 12.4 Å². The molecule has 8 heteroatoms. The molecule has 1 rings (SSSR count). The first-order valence-electron chi connectivity index (χ1n) is 5.19. The van der Waals surface area contributed by atoms with Gasteiger partial charge in [0.1, 0.15) is 16.4 Å². The van der Waals surface area contributed by atoms with Gasteiger partial charge in [-0.05, 0) is 19.1 Å². The average Bonchev–Trinajstić information content (AvgIpc) is 2.26. The van der Waals surface area contributed by atoms with Crippen molar-refractivity contribution in [3.8, 4) is 5.75 Å². The van der Waals surface area contributed by atoms with E-state index in [1.807, 2.05) is 0 Å². The fraction of sp³-hybridized carbons (Fsp3) is 0.273. The van der Waals surface area contributed by atoms with Crippen LogP contribution in [0.3, 0.4) is 0 Å². The molecular formula is C11H13NO6S. The molecule has 0 aliphatic heterocycles. The van der Waals surface area contributed by atoms with E-state index >= 15 is 0 Å². The maximum Gasteiger partial charge on any atom is 0.296 e. The van der Waals surface area contributed by atoms with Crippen LogP contribution in [0.25, 0.3) is 0 Å². The lowest BCUT2D eigenvalue weighted by molar-refractivity contribution is -0.124. The zero-order chi connectivity index (χ0) is 14.6. The topological polar surface area (TPSA) is 110 Å². The molecule has 0 aromatic heterocycles. The summed E-state index contributed by atoms with van der Waals surface area (Å²) >= 11 is 0. The molecule has 0 atom stereocenters. The SMILES string of the molecule is COc1ccc(NC(=O)CC(C)=O)c(S(=O)(=O)O)c1. The number of Topliss-reactive ketones (excluding diaryl/α,β-unsaturated/α-hetero) is 1. The summed E-state index contributed by atoms with van der Waals surface area (Å²) in [6, 6.07) is 3.75. The van der Waals surface area contributed by atoms with E-state index in [-0.39, 0.29) is 23.6 Å². The highest BCUT2D eigenvalue weighted by atomic mass is 32.2. The maximum atomic E-state index is 11.4. The Morgan fingerprint density at radius 3 is 2.47 bits per heavy atom. The van der Waals surface area contributed by atoms with Crippen LogP contribution in [0.5, 0.6) is 5.75 Å². The fourth-order valence-electron chi connectivity index (χ4n) is 1.37. The Balaban J connectivity index is 3.14. The molecule has 0 aliphatic rings. The van der Waals surface area contributed by atoms with Gasteiger partial charge in [-0.2, -0.15) is 8.42 Å². The molecule has 19 heavy (non-hydrogen) atoms. The monoisotopic (exact) mass is 287 g/mol. The Hall–Kier alpha value is -1.93. The van der Waals surface area contributed by atoms with E-state index in [1.165, 1.54) is 26.2 Å². The number of anilines is 1. The molecule has 0 bridgehead atoms. The Labute approximate surface area is 110 Å². The molecule has 0 unspecified atom stereocenters. The quantitative estimate of drug-likeness (QED) is 0.614. The molecule has 2 N–H and O–H groups in total. The second-order valence-electron chi connectivity index (χ2n) is 3.76. The van der Waals surface area contributed by atoms with Gasteiger partial charge >= 0.3 is 0 Å². The van der Waals surface area contributed by atoms with Gasteiger partial charge in [-0.15, -0.1) is 0 Å². The van der Waals surface area contributed by atoms with E-state index in [9.17, 15) is 18.0 Å². The molecule has 104 valence electrons. The highest BCUT2D eigenvalue weighted by Gasteiger charge is 2.18. The van der Waals surface area contributed by atoms with E-state index in [4.69, 9.17) is 9.29 Å². The van der Waals surface area contributed by atoms with Crippen molar-refractivity contribution >= 4 is 27.5 Å². The number of rotatable bonds is 5. The number of nitrogens with one attached hydrogen (secondary N) is 1. The molecule has 1 amide bonds. The number of carbonyl (C=O) groups excluding carboxylic acids is 2. The molecule has 1 aromatic rings. The minimum Gasteiger partial charge on any atom is -0.497 e. The van der Waals surface area contributed by atoms with E-state index in [1.54, 1.807) is 0 Å². The molecule has 7 nitrogen and oxygen atoms in total. The van der Waals surface area contributed by atoms with Gasteiger partial charge in [0.2, 0.25) is 5.91 Å². The minimum absolute atomic E-state index is 0.116. The van der Waals surface area contributed by atoms with Crippen molar-refractivity contribution in [3.63, 3.8) is 0 Å². The largest absolute Gasteiger partial charge is 0.497 e. The van der Waals surface area contributed by atoms with Gasteiger partial charge < -0.3 is 10.1 Å². The summed E-state index contributed by atoms with van der Waals surface area (Å²) < 4.78 is 36.3. The first kappa shape index (κ1) is 15.1. The van der Waals surface area contributed by atoms with Gasteiger partial charge in [-0.3, -0.25) is 14.1 Å². The molecule has 0 radical (unpaired) electrons. The third kappa shape index (κ3) is 4.34. The molecule has 0 fully saturated rings. The van der Waals surface area contributed by atoms with Crippen LogP contribution in [0.1, 0.15) is 13.3 Å². The molecule has 0 saturated heterocycles. The summed E-state index contributed by atoms with van der Waals surface area (Å²) in [5.41, 5.74) is -0.116. The number of methoxy groups -OCH3 is 1. The predicted octanol–water partition coefficient (Wildman–Crippen LogP) is 0.859. The van der Waals surface area contributed by atoms with E-state index < -0.39 is 20.9 Å². The molecule has 0 aliphatic carbocycles. The number of ether oxygens (including phenoxy) is 1. The molecule has 1 aromatic carbocycles. The van der Waals surface area contributed by atoms with Crippen molar-refractivity contribution < 1.29 is 27.3 Å². The van der Waals surface area contributed by atoms with Crippen molar-refractivity contribution in [2.24, 2.45) is 0 Å². The first-order chi connectivity index (χ1) is 8.74. The number of hydrogen-bond acceptors (Lipinski definition) is 5. The van der Waals surface area contributed by atoms with Crippen LogP contribution in [0.15, 0.2) is 23.1 Å². The van der Waals surface area contributed by atoms with E-state index in [0.717, 1.165) is 6.07 Å². The summed E-state index contributed by atoms with van der Waals surface area (Å²) in [7, 11) is -3.19. The molecule has 0 spiro atoms. The van der Waals surface area contributed by atoms with Gasteiger partial charge in [-0.1, -0.05) is 0 Å². The van der Waals surface area contributed by atoms with Gasteiger partial charge in [0.15, 0.2) is 0 Å².